The third-order valence-corrected chi connectivity index (χ3v) is 24.6. The molecule has 8 amide bonds. The first-order chi connectivity index (χ1) is 64.7. The highest BCUT2D eigenvalue weighted by atomic mass is 35.5. The Morgan fingerprint density at radius 1 is 0.541 bits per heavy atom. The van der Waals surface area contributed by atoms with Gasteiger partial charge in [-0.3, -0.25) is 38.4 Å². The standard InChI is InChI=1S/C93H112Cl2N12O28/c1-43(2)14-9-7-5-6-8-10-15-66(113)102-75-78(116)80(118)83(91(127)128-4)135-92(75)134-82-63-36-48-37-64(82)131-60-25-20-47(34-55(60)94)76(114)74-90(126)106-72(85(121)100-31-13-30-99-29-12-28-98-27-11-26-96)53-38-49(109)39-62(132-93-81(119)79(117)77(115)65(42-108)133-93)67(53)52-33-45(18-23-57(52)110)70(87(123)107-74)103-88(124)71(48)104-89(125)73-54-40-51(41-59(112)68(54)95)130-61-35-46(19-24-58(61)111)69(97-3)86(122)101-56(84(120)105-73)32-44-16-21-50(129-63)22-17-44/h16-25,33-41,43,56,65,69-81,83,92-93,97-99,108-112,114-119H,5-15,26-32,42,96H2,1-4H3,(H,100,121)(H,101,122)(H,102,113)(H,103,124)(H,104,125)(H,105,120)(H,106,126)(H,107,123)/t56-,65-,69+,70-,71-,72+,73+,74+,75-,76-,77-,78-,79+,80+,81+,83+,92-,93+/m1/s1. The zero-order valence-corrected chi connectivity index (χ0v) is 75.6. The zero-order chi connectivity index (χ0) is 96.7. The number of aromatic hydroxyl groups is 4. The quantitative estimate of drug-likeness (QED) is 0.0235. The van der Waals surface area contributed by atoms with E-state index in [-0.39, 0.29) is 47.8 Å². The summed E-state index contributed by atoms with van der Waals surface area (Å²) >= 11 is 14.4. The van der Waals surface area contributed by atoms with Crippen molar-refractivity contribution < 1.29 is 137 Å². The molecule has 7 aromatic carbocycles. The summed E-state index contributed by atoms with van der Waals surface area (Å²) in [5, 5.41) is 158. The van der Waals surface area contributed by atoms with Gasteiger partial charge in [0.25, 0.3) is 0 Å². The predicted octanol–water partition coefficient (Wildman–Crippen LogP) is 3.61. The molecule has 40 nitrogen and oxygen atoms in total. The third kappa shape index (κ3) is 23.9. The molecule has 2 fully saturated rings. The molecule has 7 aromatic rings. The van der Waals surface area contributed by atoms with Crippen molar-refractivity contribution in [3.05, 3.63) is 164 Å². The van der Waals surface area contributed by atoms with Gasteiger partial charge >= 0.3 is 5.97 Å². The van der Waals surface area contributed by atoms with E-state index in [4.69, 9.17) is 66.8 Å². The Labute approximate surface area is 784 Å². The molecular formula is C93H112Cl2N12O28. The molecule has 0 radical (unpaired) electrons. The molecule has 0 aromatic heterocycles. The van der Waals surface area contributed by atoms with Crippen molar-refractivity contribution in [2.24, 2.45) is 11.7 Å². The van der Waals surface area contributed by atoms with E-state index in [2.05, 4.69) is 72.3 Å². The molecule has 0 saturated carbocycles. The second-order valence-corrected chi connectivity index (χ2v) is 34.9. The van der Waals surface area contributed by atoms with Gasteiger partial charge in [-0.1, -0.05) is 106 Å². The molecule has 17 bridgehead atoms. The van der Waals surface area contributed by atoms with Crippen molar-refractivity contribution in [3.63, 3.8) is 0 Å². The summed E-state index contributed by atoms with van der Waals surface area (Å²) in [6.45, 7) is 6.02. The van der Waals surface area contributed by atoms with Crippen molar-refractivity contribution in [2.75, 3.05) is 60.0 Å². The minimum absolute atomic E-state index is 0.114. The average Bonchev–Trinajstić information content (AvgIpc) is 0.753. The van der Waals surface area contributed by atoms with Crippen LogP contribution >= 0.6 is 23.2 Å². The van der Waals surface area contributed by atoms with Gasteiger partial charge in [0.15, 0.2) is 29.1 Å². The number of benzene rings is 7. The zero-order valence-electron chi connectivity index (χ0n) is 74.1. The van der Waals surface area contributed by atoms with Crippen LogP contribution in [0.4, 0.5) is 0 Å². The largest absolute Gasteiger partial charge is 0.508 e. The molecule has 18 atom stereocenters. The smallest absolute Gasteiger partial charge is 0.337 e. The number of nitrogens with one attached hydrogen (secondary N) is 11. The Balaban J connectivity index is 1.02. The van der Waals surface area contributed by atoms with Crippen molar-refractivity contribution in [3.8, 4) is 80.1 Å². The Morgan fingerprint density at radius 2 is 1.18 bits per heavy atom. The molecule has 8 aliphatic heterocycles. The molecule has 8 aliphatic rings. The first-order valence-corrected chi connectivity index (χ1v) is 45.3. The lowest BCUT2D eigenvalue weighted by Crippen LogP contribution is -2.66. The molecule has 24 N–H and O–H groups in total. The second kappa shape index (κ2) is 45.6. The van der Waals surface area contributed by atoms with Crippen LogP contribution in [0.1, 0.15) is 160 Å². The average molecular weight is 1920 g/mol. The Kier molecular flexibility index (Phi) is 33.9. The number of amides is 8. The van der Waals surface area contributed by atoms with E-state index in [1.165, 1.54) is 55.6 Å². The third-order valence-electron chi connectivity index (χ3n) is 23.9. The highest BCUT2D eigenvalue weighted by Gasteiger charge is 2.52. The number of unbranched alkanes of at least 4 members (excludes halogenated alkanes) is 5. The maximum Gasteiger partial charge on any atom is 0.337 e. The summed E-state index contributed by atoms with van der Waals surface area (Å²) < 4.78 is 50.1. The first kappa shape index (κ1) is 100. The lowest BCUT2D eigenvalue weighted by Gasteiger charge is -2.41. The van der Waals surface area contributed by atoms with Crippen molar-refractivity contribution in [1.82, 2.24) is 58.5 Å². The number of likely N-dealkylation sites (N-methyl/N-ethyl adjacent to an activating group) is 1. The fourth-order valence-electron chi connectivity index (χ4n) is 16.7. The van der Waals surface area contributed by atoms with Crippen molar-refractivity contribution >= 4 is 76.4 Å². The van der Waals surface area contributed by atoms with Gasteiger partial charge in [0.1, 0.15) is 131 Å². The molecule has 2 saturated heterocycles. The summed E-state index contributed by atoms with van der Waals surface area (Å²) in [4.78, 5) is 140. The number of fused-ring (bicyclic) bond motifs is 14. The number of carbonyl (C=O) groups is 9. The van der Waals surface area contributed by atoms with E-state index in [9.17, 15) is 70.6 Å². The van der Waals surface area contributed by atoms with Crippen LogP contribution in [-0.2, 0) is 63.8 Å². The number of aliphatic hydroxyl groups excluding tert-OH is 7. The molecule has 0 unspecified atom stereocenters. The summed E-state index contributed by atoms with van der Waals surface area (Å²) in [5.74, 6) is -16.6. The number of halogens is 2. The van der Waals surface area contributed by atoms with E-state index >= 15 is 28.8 Å². The highest BCUT2D eigenvalue weighted by molar-refractivity contribution is 6.33. The van der Waals surface area contributed by atoms with Crippen LogP contribution in [0.3, 0.4) is 0 Å². The Hall–Kier alpha value is -12.0. The number of esters is 1. The van der Waals surface area contributed by atoms with Crippen LogP contribution in [0, 0.1) is 5.92 Å². The number of hydrogen-bond acceptors (Lipinski definition) is 32. The molecular weight excluding hydrogens is 1800 g/mol. The van der Waals surface area contributed by atoms with Gasteiger partial charge in [-0.25, -0.2) is 4.79 Å². The van der Waals surface area contributed by atoms with Gasteiger partial charge in [-0.2, -0.15) is 0 Å². The van der Waals surface area contributed by atoms with Gasteiger partial charge in [-0.15, -0.1) is 0 Å². The maximum atomic E-state index is 16.9. The molecule has 135 heavy (non-hydrogen) atoms. The monoisotopic (exact) mass is 1910 g/mol. The minimum atomic E-state index is -2.44. The van der Waals surface area contributed by atoms with Crippen LogP contribution in [0.5, 0.6) is 69.0 Å². The molecule has 8 heterocycles. The molecule has 726 valence electrons. The van der Waals surface area contributed by atoms with Gasteiger partial charge < -0.3 is 158 Å². The molecule has 0 spiro atoms. The maximum absolute atomic E-state index is 16.9. The minimum Gasteiger partial charge on any atom is -0.508 e. The molecule has 42 heteroatoms. The first-order valence-electron chi connectivity index (χ1n) is 44.5. The number of phenolic OH excluding ortho intramolecular Hbond substituents is 4. The summed E-state index contributed by atoms with van der Waals surface area (Å²) in [6.07, 6.45) is -13.8. The number of hydrogen-bond donors (Lipinski definition) is 23. The van der Waals surface area contributed by atoms with E-state index in [0.717, 1.165) is 125 Å². The number of nitrogens with two attached hydrogens (primary N) is 1. The van der Waals surface area contributed by atoms with Crippen molar-refractivity contribution in [1.29, 1.82) is 0 Å². The van der Waals surface area contributed by atoms with Gasteiger partial charge in [0.2, 0.25) is 65.6 Å². The normalized spacial score (nSPS) is 25.1. The number of methoxy groups -OCH3 is 1. The lowest BCUT2D eigenvalue weighted by molar-refractivity contribution is -0.277. The fourth-order valence-corrected chi connectivity index (χ4v) is 17.1. The van der Waals surface area contributed by atoms with E-state index < -0.39 is 271 Å². The van der Waals surface area contributed by atoms with E-state index in [0.29, 0.717) is 50.5 Å². The lowest BCUT2D eigenvalue weighted by atomic mass is 9.89. The van der Waals surface area contributed by atoms with E-state index in [1.54, 1.807) is 0 Å². The number of carbonyl (C=O) groups excluding carboxylic acids is 9. The van der Waals surface area contributed by atoms with Crippen LogP contribution in [0.15, 0.2) is 115 Å². The van der Waals surface area contributed by atoms with Gasteiger partial charge in [-0.05, 0) is 178 Å². The number of aliphatic hydroxyl groups is 7. The van der Waals surface area contributed by atoms with Crippen LogP contribution in [0.25, 0.3) is 11.1 Å². The molecule has 15 rings (SSSR count). The highest BCUT2D eigenvalue weighted by Crippen LogP contribution is 2.51. The Morgan fingerprint density at radius 3 is 1.87 bits per heavy atom. The second-order valence-electron chi connectivity index (χ2n) is 34.1. The fraction of sp³-hybridized carbons (Fsp3) is 0.452. The topological polar surface area (TPSA) is 608 Å². The van der Waals surface area contributed by atoms with Crippen LogP contribution in [-0.4, -0.2) is 243 Å². The molecule has 0 aliphatic carbocycles. The van der Waals surface area contributed by atoms with Gasteiger partial charge in [0, 0.05) is 48.2 Å². The van der Waals surface area contributed by atoms with E-state index in [1.807, 2.05) is 0 Å². The van der Waals surface area contributed by atoms with Gasteiger partial charge in [0.05, 0.1) is 23.8 Å². The Bertz CT molecular complexity index is 5470. The van der Waals surface area contributed by atoms with Crippen molar-refractivity contribution in [2.45, 2.75) is 201 Å². The SMILES string of the molecule is CN[C@@H]1C(=O)N[C@@H]2Cc3ccc(cc3)Oc3cc4cc(c3O[C@@H]3O[C@H](C(=O)OC)[C@@H](O)[C@H](O)[C@H]3NC(=O)CCCCCCCCC(C)C)Oc3ccc(cc3Cl)[C@@H](O)[C@@H]3NC(=O)[C@H](NC(=O)[C@@H]4NC(=O)[C@@H](NC2=O)c2cc(cc(O)c2Cl)Oc2cc1ccc2O)c1ccc(O)c(c1)-c1c(O[C@H]2O[C@H](CO)[C@@H](O)[C@H](O)[C@@H]2O)cc(O)cc1[C@@H](C(=O)NCCCNCCCNCCCN)NC3=O. The predicted molar refractivity (Wildman–Crippen MR) is 482 cm³/mol. The van der Waals surface area contributed by atoms with Crippen LogP contribution in [0.2, 0.25) is 10.0 Å². The number of rotatable bonds is 29. The summed E-state index contributed by atoms with van der Waals surface area (Å²) in [5.41, 5.74) is 3.02. The number of phenols is 4. The summed E-state index contributed by atoms with van der Waals surface area (Å²) in [6, 6.07) is 6.02. The number of ether oxygens (including phenoxy) is 8. The summed E-state index contributed by atoms with van der Waals surface area (Å²) in [7, 11) is 2.40. The van der Waals surface area contributed by atoms with Crippen LogP contribution < -0.4 is 87.9 Å².